The molecule has 0 aliphatic carbocycles. The van der Waals surface area contributed by atoms with Crippen molar-refractivity contribution in [2.75, 3.05) is 26.1 Å². The van der Waals surface area contributed by atoms with Crippen LogP contribution in [0, 0.1) is 6.92 Å². The Morgan fingerprint density at radius 3 is 2.48 bits per heavy atom. The van der Waals surface area contributed by atoms with Crippen molar-refractivity contribution in [3.05, 3.63) is 52.4 Å². The highest BCUT2D eigenvalue weighted by Crippen LogP contribution is 2.29. The predicted octanol–water partition coefficient (Wildman–Crippen LogP) is 1.60. The van der Waals surface area contributed by atoms with E-state index in [0.29, 0.717) is 11.3 Å². The van der Waals surface area contributed by atoms with Crippen molar-refractivity contribution in [3.63, 3.8) is 0 Å². The number of hydrogen-bond donors (Lipinski definition) is 3. The number of anilines is 1. The van der Waals surface area contributed by atoms with Crippen LogP contribution in [-0.4, -0.2) is 43.4 Å². The average Bonchev–Trinajstić information content (AvgIpc) is 3.09. The number of aryl methyl sites for hydroxylation is 1. The second-order valence-corrected chi connectivity index (χ2v) is 6.50. The number of carbonyl (C=O) groups is 3. The Bertz CT molecular complexity index is 1010. The number of esters is 2. The van der Waals surface area contributed by atoms with Crippen LogP contribution in [-0.2, 0) is 14.3 Å². The smallest absolute Gasteiger partial charge is 0.346 e. The maximum atomic E-state index is 12.7. The molecule has 2 amide bonds. The number of rotatable bonds is 7. The van der Waals surface area contributed by atoms with Gasteiger partial charge in [-0.15, -0.1) is 0 Å². The van der Waals surface area contributed by atoms with Gasteiger partial charge in [0, 0.05) is 0 Å². The second-order valence-electron chi connectivity index (χ2n) is 6.50. The van der Waals surface area contributed by atoms with Gasteiger partial charge in [0.25, 0.3) is 0 Å². The molecule has 3 rings (SSSR count). The molecule has 0 saturated carbocycles. The monoisotopic (exact) mass is 430 g/mol. The molecule has 0 spiro atoms. The van der Waals surface area contributed by atoms with E-state index in [2.05, 4.69) is 15.8 Å². The SMILES string of the molecule is CCOC(=O)C1=C(COC(=O)c2c(C)noc2N)NC(=O)NC1c1ccc(OC)cc1. The van der Waals surface area contributed by atoms with E-state index in [9.17, 15) is 14.4 Å². The van der Waals surface area contributed by atoms with E-state index >= 15 is 0 Å². The number of urea groups is 1. The summed E-state index contributed by atoms with van der Waals surface area (Å²) in [6, 6.07) is 5.42. The third-order valence-electron chi connectivity index (χ3n) is 4.54. The number of nitrogens with zero attached hydrogens (tertiary/aromatic N) is 1. The summed E-state index contributed by atoms with van der Waals surface area (Å²) < 4.78 is 20.3. The lowest BCUT2D eigenvalue weighted by Crippen LogP contribution is -2.47. The molecule has 1 aromatic heterocycles. The maximum absolute atomic E-state index is 12.7. The molecule has 0 saturated heterocycles. The first-order valence-electron chi connectivity index (χ1n) is 9.36. The fourth-order valence-corrected chi connectivity index (χ4v) is 3.07. The van der Waals surface area contributed by atoms with E-state index in [4.69, 9.17) is 24.5 Å². The number of carbonyl (C=O) groups excluding carboxylic acids is 3. The molecule has 0 radical (unpaired) electrons. The Balaban J connectivity index is 1.94. The first-order valence-corrected chi connectivity index (χ1v) is 9.36. The fourth-order valence-electron chi connectivity index (χ4n) is 3.07. The van der Waals surface area contributed by atoms with Gasteiger partial charge in [-0.1, -0.05) is 17.3 Å². The number of nitrogens with two attached hydrogens (primary N) is 1. The van der Waals surface area contributed by atoms with Crippen LogP contribution >= 0.6 is 0 Å². The van der Waals surface area contributed by atoms with Gasteiger partial charge in [-0.3, -0.25) is 0 Å². The van der Waals surface area contributed by atoms with E-state index in [1.165, 1.54) is 14.0 Å². The van der Waals surface area contributed by atoms with Gasteiger partial charge in [-0.2, -0.15) is 0 Å². The number of benzene rings is 1. The summed E-state index contributed by atoms with van der Waals surface area (Å²) in [6.45, 7) is 2.91. The van der Waals surface area contributed by atoms with Crippen molar-refractivity contribution < 1.29 is 33.1 Å². The van der Waals surface area contributed by atoms with E-state index < -0.39 is 30.6 Å². The van der Waals surface area contributed by atoms with Crippen molar-refractivity contribution >= 4 is 23.9 Å². The molecule has 1 aromatic carbocycles. The molecule has 1 aliphatic rings. The fraction of sp³-hybridized carbons (Fsp3) is 0.300. The zero-order valence-electron chi connectivity index (χ0n) is 17.2. The lowest BCUT2D eigenvalue weighted by Gasteiger charge is -2.29. The number of aromatic nitrogens is 1. The molecule has 4 N–H and O–H groups in total. The number of hydrogen-bond acceptors (Lipinski definition) is 9. The molecule has 1 atom stereocenters. The van der Waals surface area contributed by atoms with Gasteiger partial charge in [-0.25, -0.2) is 14.4 Å². The molecule has 2 heterocycles. The minimum absolute atomic E-state index is 0.0229. The summed E-state index contributed by atoms with van der Waals surface area (Å²) in [4.78, 5) is 37.4. The normalized spacial score (nSPS) is 15.7. The molecule has 1 aliphatic heterocycles. The van der Waals surface area contributed by atoms with Gasteiger partial charge >= 0.3 is 18.0 Å². The van der Waals surface area contributed by atoms with Crippen molar-refractivity contribution in [2.45, 2.75) is 19.9 Å². The van der Waals surface area contributed by atoms with Gasteiger partial charge in [-0.05, 0) is 31.5 Å². The molecule has 1 unspecified atom stereocenters. The van der Waals surface area contributed by atoms with Gasteiger partial charge in [0.2, 0.25) is 5.88 Å². The highest BCUT2D eigenvalue weighted by Gasteiger charge is 2.34. The standard InChI is InChI=1S/C20H22N4O7/c1-4-29-19(26)15-13(9-30-18(25)14-10(2)24-31-17(14)21)22-20(27)23-16(15)11-5-7-12(28-3)8-6-11/h5-8,16H,4,9,21H2,1-3H3,(H2,22,23,27). The van der Waals surface area contributed by atoms with Crippen molar-refractivity contribution in [1.82, 2.24) is 15.8 Å². The third-order valence-corrected chi connectivity index (χ3v) is 4.54. The Hall–Kier alpha value is -4.02. The lowest BCUT2D eigenvalue weighted by atomic mass is 9.95. The molecular weight excluding hydrogens is 408 g/mol. The first-order chi connectivity index (χ1) is 14.8. The maximum Gasteiger partial charge on any atom is 0.346 e. The number of amides is 2. The van der Waals surface area contributed by atoms with Crippen molar-refractivity contribution in [3.8, 4) is 5.75 Å². The number of nitrogen functional groups attached to an aromatic ring is 1. The Labute approximate surface area is 177 Å². The van der Waals surface area contributed by atoms with Crippen LogP contribution in [0.2, 0.25) is 0 Å². The number of nitrogens with one attached hydrogen (secondary N) is 2. The van der Waals surface area contributed by atoms with Gasteiger partial charge in [0.15, 0.2) is 0 Å². The summed E-state index contributed by atoms with van der Waals surface area (Å²) in [6.07, 6.45) is 0. The molecule has 164 valence electrons. The van der Waals surface area contributed by atoms with Crippen LogP contribution in [0.15, 0.2) is 40.1 Å². The van der Waals surface area contributed by atoms with Gasteiger partial charge in [0.05, 0.1) is 36.7 Å². The molecular formula is C20H22N4O7. The average molecular weight is 430 g/mol. The molecule has 11 nitrogen and oxygen atoms in total. The first kappa shape index (κ1) is 21.7. The molecule has 0 bridgehead atoms. The van der Waals surface area contributed by atoms with Crippen LogP contribution in [0.1, 0.15) is 34.6 Å². The third kappa shape index (κ3) is 4.60. The Morgan fingerprint density at radius 2 is 1.90 bits per heavy atom. The van der Waals surface area contributed by atoms with Gasteiger partial charge < -0.3 is 35.1 Å². The van der Waals surface area contributed by atoms with Crippen molar-refractivity contribution in [2.24, 2.45) is 0 Å². The largest absolute Gasteiger partial charge is 0.497 e. The number of ether oxygens (including phenoxy) is 3. The molecule has 11 heteroatoms. The van der Waals surface area contributed by atoms with Crippen LogP contribution in [0.4, 0.5) is 10.7 Å². The highest BCUT2D eigenvalue weighted by molar-refractivity contribution is 5.96. The zero-order valence-corrected chi connectivity index (χ0v) is 17.2. The predicted molar refractivity (Wildman–Crippen MR) is 107 cm³/mol. The summed E-state index contributed by atoms with van der Waals surface area (Å²) in [5, 5.41) is 8.80. The lowest BCUT2D eigenvalue weighted by molar-refractivity contribution is -0.139. The summed E-state index contributed by atoms with van der Waals surface area (Å²) >= 11 is 0. The summed E-state index contributed by atoms with van der Waals surface area (Å²) in [5.74, 6) is -1.04. The summed E-state index contributed by atoms with van der Waals surface area (Å²) in [7, 11) is 1.53. The van der Waals surface area contributed by atoms with Crippen molar-refractivity contribution in [1.29, 1.82) is 0 Å². The van der Waals surface area contributed by atoms with Crippen LogP contribution in [0.3, 0.4) is 0 Å². The van der Waals surface area contributed by atoms with Crippen LogP contribution in [0.25, 0.3) is 0 Å². The summed E-state index contributed by atoms with van der Waals surface area (Å²) in [5.41, 5.74) is 6.64. The van der Waals surface area contributed by atoms with Crippen LogP contribution in [0.5, 0.6) is 5.75 Å². The van der Waals surface area contributed by atoms with E-state index in [1.54, 1.807) is 31.2 Å². The van der Waals surface area contributed by atoms with E-state index in [0.717, 1.165) is 0 Å². The van der Waals surface area contributed by atoms with E-state index in [1.807, 2.05) is 0 Å². The minimum atomic E-state index is -0.824. The highest BCUT2D eigenvalue weighted by atomic mass is 16.5. The molecule has 0 fully saturated rings. The topological polar surface area (TPSA) is 155 Å². The zero-order chi connectivity index (χ0) is 22.5. The Kier molecular flexibility index (Phi) is 6.43. The molecule has 2 aromatic rings. The van der Waals surface area contributed by atoms with Gasteiger partial charge in [0.1, 0.15) is 17.9 Å². The van der Waals surface area contributed by atoms with Crippen LogP contribution < -0.4 is 21.1 Å². The minimum Gasteiger partial charge on any atom is -0.497 e. The molecule has 31 heavy (non-hydrogen) atoms. The second kappa shape index (κ2) is 9.20. The quantitative estimate of drug-likeness (QED) is 0.555. The van der Waals surface area contributed by atoms with E-state index in [-0.39, 0.29) is 35.0 Å². The number of methoxy groups -OCH3 is 1. The Morgan fingerprint density at radius 1 is 1.19 bits per heavy atom.